The fourth-order valence-electron chi connectivity index (χ4n) is 10.6. The summed E-state index contributed by atoms with van der Waals surface area (Å²) in [5, 5.41) is 0. The van der Waals surface area contributed by atoms with Gasteiger partial charge in [-0.3, -0.25) is 0 Å². The van der Waals surface area contributed by atoms with E-state index in [0.717, 1.165) is 30.4 Å². The van der Waals surface area contributed by atoms with Crippen LogP contribution in [0.25, 0.3) is 27.8 Å². The summed E-state index contributed by atoms with van der Waals surface area (Å²) in [6, 6.07) is 58.8. The molecule has 3 aliphatic rings. The van der Waals surface area contributed by atoms with Gasteiger partial charge in [0.1, 0.15) is 0 Å². The zero-order valence-corrected chi connectivity index (χ0v) is 39.0. The van der Waals surface area contributed by atoms with Crippen LogP contribution in [0.5, 0.6) is 0 Å². The van der Waals surface area contributed by atoms with Crippen LogP contribution in [0, 0.1) is 12.8 Å². The van der Waals surface area contributed by atoms with Gasteiger partial charge < -0.3 is 0 Å². The molecule has 0 N–H and O–H groups in total. The van der Waals surface area contributed by atoms with E-state index in [1.807, 2.05) is 0 Å². The first kappa shape index (κ1) is 43.7. The standard InChI is InChI=1S/C65H64/c1-46-24-28-56(29-25-46)64(43-50(5)52-20-12-7-13-21-52)62-45-58(31-27-48(62)3)54-34-38-60(39-35-54)65(40-16-9-17-41-65)59-36-32-53(33-37-59)57-30-26-47(2)61(44-57)63(55-22-14-8-15-23-55)42-49(4)51-18-10-6-11-19-51/h6-8,10-15,18-24,26,28-30,32-39,42-46,49H,5,9,16-17,25,27,31,40-41H2,1-4H3/b63-42-,64-43-. The number of allylic oxidation sites excluding steroid dienone is 12. The summed E-state index contributed by atoms with van der Waals surface area (Å²) in [4.78, 5) is 0. The van der Waals surface area contributed by atoms with E-state index in [-0.39, 0.29) is 11.3 Å². The molecule has 6 aromatic rings. The molecule has 0 bridgehead atoms. The third-order valence-corrected chi connectivity index (χ3v) is 14.6. The molecular formula is C65H64. The van der Waals surface area contributed by atoms with Crippen molar-refractivity contribution in [1.82, 2.24) is 0 Å². The Morgan fingerprint density at radius 3 is 1.88 bits per heavy atom. The van der Waals surface area contributed by atoms with E-state index in [2.05, 4.69) is 228 Å². The number of hydrogen-bond donors (Lipinski definition) is 0. The van der Waals surface area contributed by atoms with Crippen LogP contribution < -0.4 is 0 Å². The zero-order chi connectivity index (χ0) is 44.8. The maximum atomic E-state index is 4.54. The lowest BCUT2D eigenvalue weighted by Crippen LogP contribution is -2.30. The van der Waals surface area contributed by atoms with Crippen molar-refractivity contribution >= 4 is 16.7 Å². The van der Waals surface area contributed by atoms with Gasteiger partial charge >= 0.3 is 0 Å². The number of hydrogen-bond acceptors (Lipinski definition) is 0. The SMILES string of the molecule is C=C(/C=C(/C1=CCC(C)C=C1)C1=C(C)CCC(c2ccc(C3(c4ccc(-c5ccc(C)c(/C(=C\C(C)c6ccccc6)c6ccccc6)c5)cc4)CCCCC3)cc2)=C1)c1ccccc1. The zero-order valence-electron chi connectivity index (χ0n) is 39.0. The Hall–Kier alpha value is -6.50. The van der Waals surface area contributed by atoms with Crippen LogP contribution in [0.15, 0.2) is 223 Å². The van der Waals surface area contributed by atoms with Gasteiger partial charge in [0.2, 0.25) is 0 Å². The van der Waals surface area contributed by atoms with Crippen LogP contribution in [0.3, 0.4) is 0 Å². The summed E-state index contributed by atoms with van der Waals surface area (Å²) < 4.78 is 0. The van der Waals surface area contributed by atoms with E-state index >= 15 is 0 Å². The lowest BCUT2D eigenvalue weighted by molar-refractivity contribution is 0.346. The van der Waals surface area contributed by atoms with Gasteiger partial charge in [0.05, 0.1) is 0 Å². The summed E-state index contributed by atoms with van der Waals surface area (Å²) in [5.41, 5.74) is 22.2. The first-order chi connectivity index (χ1) is 31.8. The summed E-state index contributed by atoms with van der Waals surface area (Å²) in [7, 11) is 0. The highest BCUT2D eigenvalue weighted by molar-refractivity contribution is 5.85. The van der Waals surface area contributed by atoms with Gasteiger partial charge in [-0.25, -0.2) is 0 Å². The molecule has 2 atom stereocenters. The Kier molecular flexibility index (Phi) is 13.3. The smallest absolute Gasteiger partial charge is 0.0202 e. The molecule has 0 radical (unpaired) electrons. The van der Waals surface area contributed by atoms with E-state index in [0.29, 0.717) is 5.92 Å². The van der Waals surface area contributed by atoms with Crippen molar-refractivity contribution in [2.45, 2.75) is 90.4 Å². The van der Waals surface area contributed by atoms with Crippen LogP contribution in [-0.2, 0) is 5.41 Å². The van der Waals surface area contributed by atoms with E-state index < -0.39 is 0 Å². The molecule has 9 rings (SSSR count). The molecule has 0 heteroatoms. The van der Waals surface area contributed by atoms with Crippen molar-refractivity contribution in [1.29, 1.82) is 0 Å². The van der Waals surface area contributed by atoms with Gasteiger partial charge in [0.25, 0.3) is 0 Å². The molecule has 6 aromatic carbocycles. The number of benzene rings is 6. The Morgan fingerprint density at radius 1 is 0.646 bits per heavy atom. The third kappa shape index (κ3) is 9.65. The summed E-state index contributed by atoms with van der Waals surface area (Å²) in [6.45, 7) is 13.7. The Labute approximate surface area is 389 Å². The van der Waals surface area contributed by atoms with E-state index in [1.165, 1.54) is 116 Å². The van der Waals surface area contributed by atoms with Crippen molar-refractivity contribution in [3.05, 3.63) is 268 Å². The van der Waals surface area contributed by atoms with Crippen LogP contribution in [0.4, 0.5) is 0 Å². The second-order valence-electron chi connectivity index (χ2n) is 19.0. The molecule has 0 aromatic heterocycles. The van der Waals surface area contributed by atoms with Gasteiger partial charge in [0, 0.05) is 5.41 Å². The predicted molar refractivity (Wildman–Crippen MR) is 280 cm³/mol. The molecule has 0 nitrogen and oxygen atoms in total. The van der Waals surface area contributed by atoms with E-state index in [1.54, 1.807) is 0 Å². The molecule has 3 aliphatic carbocycles. The lowest BCUT2D eigenvalue weighted by Gasteiger charge is -2.39. The summed E-state index contributed by atoms with van der Waals surface area (Å²) in [6.07, 6.45) is 23.7. The van der Waals surface area contributed by atoms with Gasteiger partial charge in [-0.15, -0.1) is 0 Å². The minimum absolute atomic E-state index is 0.0117. The maximum Gasteiger partial charge on any atom is 0.0202 e. The number of aryl methyl sites for hydroxylation is 1. The summed E-state index contributed by atoms with van der Waals surface area (Å²) >= 11 is 0. The predicted octanol–water partition coefficient (Wildman–Crippen LogP) is 17.8. The molecular weight excluding hydrogens is 781 g/mol. The second kappa shape index (κ2) is 19.7. The minimum Gasteiger partial charge on any atom is -0.0911 e. The van der Waals surface area contributed by atoms with Gasteiger partial charge in [-0.05, 0) is 159 Å². The third-order valence-electron chi connectivity index (χ3n) is 14.6. The molecule has 0 amide bonds. The average Bonchev–Trinajstić information content (AvgIpc) is 3.36. The number of rotatable bonds is 12. The monoisotopic (exact) mass is 845 g/mol. The first-order valence-electron chi connectivity index (χ1n) is 24.2. The maximum absolute atomic E-state index is 4.54. The molecule has 0 heterocycles. The molecule has 0 spiro atoms. The normalized spacial score (nSPS) is 18.2. The Morgan fingerprint density at radius 2 is 1.25 bits per heavy atom. The highest BCUT2D eigenvalue weighted by atomic mass is 14.4. The fraction of sp³-hybridized carbons (Fsp3) is 0.231. The first-order valence-corrected chi connectivity index (χ1v) is 24.2. The highest BCUT2D eigenvalue weighted by Crippen LogP contribution is 2.46. The van der Waals surface area contributed by atoms with Crippen LogP contribution in [0.2, 0.25) is 0 Å². The van der Waals surface area contributed by atoms with E-state index in [4.69, 9.17) is 0 Å². The quantitative estimate of drug-likeness (QED) is 0.108. The van der Waals surface area contributed by atoms with Crippen molar-refractivity contribution in [3.8, 4) is 11.1 Å². The molecule has 1 fully saturated rings. The van der Waals surface area contributed by atoms with Gasteiger partial charge in [0.15, 0.2) is 0 Å². The molecule has 0 aliphatic heterocycles. The van der Waals surface area contributed by atoms with Crippen LogP contribution in [-0.4, -0.2) is 0 Å². The van der Waals surface area contributed by atoms with Crippen LogP contribution in [0.1, 0.15) is 123 Å². The molecule has 1 saturated carbocycles. The Bertz CT molecular complexity index is 2810. The highest BCUT2D eigenvalue weighted by Gasteiger charge is 2.36. The summed E-state index contributed by atoms with van der Waals surface area (Å²) in [5.74, 6) is 0.838. The lowest BCUT2D eigenvalue weighted by atomic mass is 9.65. The largest absolute Gasteiger partial charge is 0.0911 e. The van der Waals surface area contributed by atoms with Crippen molar-refractivity contribution in [2.75, 3.05) is 0 Å². The molecule has 2 unspecified atom stereocenters. The molecule has 324 valence electrons. The Balaban J connectivity index is 1.01. The van der Waals surface area contributed by atoms with Crippen molar-refractivity contribution in [3.63, 3.8) is 0 Å². The van der Waals surface area contributed by atoms with Crippen molar-refractivity contribution < 1.29 is 0 Å². The van der Waals surface area contributed by atoms with Crippen molar-refractivity contribution in [2.24, 2.45) is 5.92 Å². The average molecular weight is 845 g/mol. The van der Waals surface area contributed by atoms with Crippen LogP contribution >= 0.6 is 0 Å². The van der Waals surface area contributed by atoms with Gasteiger partial charge in [-0.1, -0.05) is 227 Å². The fourth-order valence-corrected chi connectivity index (χ4v) is 10.6. The molecule has 65 heavy (non-hydrogen) atoms. The molecule has 0 saturated heterocycles. The minimum atomic E-state index is 0.0117. The van der Waals surface area contributed by atoms with E-state index in [9.17, 15) is 0 Å². The second-order valence-corrected chi connectivity index (χ2v) is 19.0. The van der Waals surface area contributed by atoms with Gasteiger partial charge in [-0.2, -0.15) is 0 Å². The topological polar surface area (TPSA) is 0 Å².